The van der Waals surface area contributed by atoms with Crippen molar-refractivity contribution in [2.24, 2.45) is 0 Å². The van der Waals surface area contributed by atoms with Crippen LogP contribution in [0.1, 0.15) is 69.4 Å². The first kappa shape index (κ1) is 27.2. The number of amides is 1. The molecule has 0 unspecified atom stereocenters. The summed E-state index contributed by atoms with van der Waals surface area (Å²) in [5.41, 5.74) is 1.47. The fourth-order valence-corrected chi connectivity index (χ4v) is 6.57. The first-order valence-corrected chi connectivity index (χ1v) is 13.7. The second kappa shape index (κ2) is 12.1. The molecule has 0 spiro atoms. The van der Waals surface area contributed by atoms with Gasteiger partial charge >= 0.3 is 5.97 Å². The number of hydrogen-bond acceptors (Lipinski definition) is 5. The number of benzene rings is 2. The molecule has 1 heterocycles. The molecule has 1 saturated carbocycles. The third-order valence-electron chi connectivity index (χ3n) is 8.35. The van der Waals surface area contributed by atoms with Gasteiger partial charge in [0.2, 0.25) is 5.91 Å². The van der Waals surface area contributed by atoms with Gasteiger partial charge in [-0.1, -0.05) is 48.9 Å². The Bertz CT molecular complexity index is 1060. The molecular weight excluding hydrogens is 464 g/mol. The van der Waals surface area contributed by atoms with Crippen LogP contribution in [0.15, 0.2) is 54.6 Å². The molecule has 6 heteroatoms. The van der Waals surface area contributed by atoms with Crippen molar-refractivity contribution in [1.29, 1.82) is 0 Å². The predicted molar refractivity (Wildman–Crippen MR) is 146 cm³/mol. The fourth-order valence-electron chi connectivity index (χ4n) is 6.57. The van der Waals surface area contributed by atoms with Crippen molar-refractivity contribution in [2.45, 2.75) is 81.8 Å². The van der Waals surface area contributed by atoms with Gasteiger partial charge < -0.3 is 19.7 Å². The van der Waals surface area contributed by atoms with Crippen LogP contribution in [-0.4, -0.2) is 55.7 Å². The number of likely N-dealkylation sites (N-methyl/N-ethyl adjacent to an activating group) is 1. The molecular formula is C31H42N2O4. The molecule has 1 aliphatic heterocycles. The van der Waals surface area contributed by atoms with Crippen molar-refractivity contribution in [1.82, 2.24) is 10.2 Å². The normalized spacial score (nSPS) is 25.6. The molecule has 1 aliphatic carbocycles. The minimum Gasteiger partial charge on any atom is -0.497 e. The molecule has 2 fully saturated rings. The van der Waals surface area contributed by atoms with E-state index in [9.17, 15) is 9.59 Å². The number of unbranched alkanes of at least 4 members (excludes halogenated alkanes) is 2. The molecule has 2 aromatic rings. The first-order chi connectivity index (χ1) is 17.9. The number of likely N-dealkylation sites (tertiary alicyclic amines) is 1. The number of nitrogens with zero attached hydrogens (tertiary/aromatic N) is 1. The standard InChI is InChI=1S/C31H42N2O4/c1-24(34)37-31-18-17-27(32-29(35)16-9-5-8-13-25-11-6-4-7-12-25)22-30(31,19-20-33(2)23-31)26-14-10-15-28(21-26)36-3/h4,6-7,10-12,14-15,21,27H,5,8-9,13,16-20,22-23H2,1-3H3,(H,32,35)/t27-,30-,31-/m0/s1. The van der Waals surface area contributed by atoms with Gasteiger partial charge in [-0.25, -0.2) is 0 Å². The summed E-state index contributed by atoms with van der Waals surface area (Å²) in [6.45, 7) is 3.10. The van der Waals surface area contributed by atoms with Gasteiger partial charge in [-0.2, -0.15) is 0 Å². The molecule has 0 radical (unpaired) electrons. The van der Waals surface area contributed by atoms with Crippen molar-refractivity contribution in [2.75, 3.05) is 27.2 Å². The third-order valence-corrected chi connectivity index (χ3v) is 8.35. The molecule has 37 heavy (non-hydrogen) atoms. The maximum atomic E-state index is 12.9. The first-order valence-electron chi connectivity index (χ1n) is 13.7. The van der Waals surface area contributed by atoms with Crippen LogP contribution in [0.2, 0.25) is 0 Å². The van der Waals surface area contributed by atoms with Gasteiger partial charge in [0.05, 0.1) is 7.11 Å². The molecule has 1 N–H and O–H groups in total. The summed E-state index contributed by atoms with van der Waals surface area (Å²) >= 11 is 0. The quantitative estimate of drug-likeness (QED) is 0.361. The highest BCUT2D eigenvalue weighted by Crippen LogP contribution is 2.54. The van der Waals surface area contributed by atoms with Gasteiger partial charge in [-0.05, 0) is 81.8 Å². The van der Waals surface area contributed by atoms with Crippen LogP contribution >= 0.6 is 0 Å². The van der Waals surface area contributed by atoms with Gasteiger partial charge in [0.15, 0.2) is 0 Å². The van der Waals surface area contributed by atoms with E-state index >= 15 is 0 Å². The van der Waals surface area contributed by atoms with Crippen molar-refractivity contribution in [3.05, 3.63) is 65.7 Å². The van der Waals surface area contributed by atoms with E-state index in [1.807, 2.05) is 18.2 Å². The average Bonchev–Trinajstić information content (AvgIpc) is 2.89. The molecule has 3 atom stereocenters. The Hall–Kier alpha value is -2.86. The molecule has 1 saturated heterocycles. The molecule has 0 aromatic heterocycles. The Kier molecular flexibility index (Phi) is 8.91. The number of aryl methyl sites for hydroxylation is 1. The number of hydrogen-bond donors (Lipinski definition) is 1. The Morgan fingerprint density at radius 1 is 1.05 bits per heavy atom. The summed E-state index contributed by atoms with van der Waals surface area (Å²) in [5.74, 6) is 0.670. The van der Waals surface area contributed by atoms with E-state index in [0.717, 1.165) is 69.2 Å². The van der Waals surface area contributed by atoms with E-state index in [1.165, 1.54) is 12.5 Å². The number of fused-ring (bicyclic) bond motifs is 1. The second-order valence-corrected chi connectivity index (χ2v) is 10.9. The maximum Gasteiger partial charge on any atom is 0.303 e. The van der Waals surface area contributed by atoms with Gasteiger partial charge in [0.1, 0.15) is 11.4 Å². The molecule has 200 valence electrons. The smallest absolute Gasteiger partial charge is 0.303 e. The molecule has 1 amide bonds. The lowest BCUT2D eigenvalue weighted by molar-refractivity contribution is -0.185. The number of ether oxygens (including phenoxy) is 2. The molecule has 2 aliphatic rings. The summed E-state index contributed by atoms with van der Waals surface area (Å²) in [6, 6.07) is 18.7. The largest absolute Gasteiger partial charge is 0.497 e. The van der Waals surface area contributed by atoms with Crippen LogP contribution in [0.5, 0.6) is 5.75 Å². The molecule has 4 rings (SSSR count). The van der Waals surface area contributed by atoms with E-state index in [1.54, 1.807) is 7.11 Å². The van der Waals surface area contributed by atoms with Crippen molar-refractivity contribution < 1.29 is 19.1 Å². The number of methoxy groups -OCH3 is 1. The maximum absolute atomic E-state index is 12.9. The number of nitrogens with one attached hydrogen (secondary N) is 1. The SMILES string of the molecule is COc1cccc([C@@]23CCN(C)C[C@@]2(OC(C)=O)CC[C@H](NC(=O)CCCCCc2ccccc2)C3)c1. The zero-order valence-corrected chi connectivity index (χ0v) is 22.6. The lowest BCUT2D eigenvalue weighted by Crippen LogP contribution is -2.68. The van der Waals surface area contributed by atoms with Crippen LogP contribution in [0.4, 0.5) is 0 Å². The van der Waals surface area contributed by atoms with Crippen LogP contribution < -0.4 is 10.1 Å². The van der Waals surface area contributed by atoms with E-state index in [4.69, 9.17) is 9.47 Å². The summed E-state index contributed by atoms with van der Waals surface area (Å²) in [5, 5.41) is 3.34. The topological polar surface area (TPSA) is 67.9 Å². The third kappa shape index (κ3) is 6.35. The average molecular weight is 507 g/mol. The van der Waals surface area contributed by atoms with Crippen molar-refractivity contribution >= 4 is 11.9 Å². The number of carbonyl (C=O) groups is 2. The lowest BCUT2D eigenvalue weighted by Gasteiger charge is -2.59. The highest BCUT2D eigenvalue weighted by Gasteiger charge is 2.60. The highest BCUT2D eigenvalue weighted by molar-refractivity contribution is 5.76. The van der Waals surface area contributed by atoms with Crippen LogP contribution in [0, 0.1) is 0 Å². The number of rotatable bonds is 10. The van der Waals surface area contributed by atoms with E-state index in [0.29, 0.717) is 13.0 Å². The number of esters is 1. The van der Waals surface area contributed by atoms with Gasteiger partial charge in [-0.3, -0.25) is 9.59 Å². The van der Waals surface area contributed by atoms with E-state index in [-0.39, 0.29) is 23.3 Å². The minimum atomic E-state index is -0.628. The Balaban J connectivity index is 1.44. The Morgan fingerprint density at radius 2 is 1.86 bits per heavy atom. The van der Waals surface area contributed by atoms with Gasteiger partial charge in [-0.15, -0.1) is 0 Å². The monoisotopic (exact) mass is 506 g/mol. The molecule has 0 bridgehead atoms. The van der Waals surface area contributed by atoms with Gasteiger partial charge in [0.25, 0.3) is 0 Å². The van der Waals surface area contributed by atoms with Gasteiger partial charge in [0, 0.05) is 31.3 Å². The summed E-state index contributed by atoms with van der Waals surface area (Å²) in [6.07, 6.45) is 7.77. The summed E-state index contributed by atoms with van der Waals surface area (Å²) < 4.78 is 11.8. The number of carbonyl (C=O) groups excluding carboxylic acids is 2. The zero-order valence-electron chi connectivity index (χ0n) is 22.6. The lowest BCUT2D eigenvalue weighted by atomic mass is 9.55. The minimum absolute atomic E-state index is 0.0510. The predicted octanol–water partition coefficient (Wildman–Crippen LogP) is 5.04. The van der Waals surface area contributed by atoms with E-state index in [2.05, 4.69) is 53.7 Å². The number of piperidine rings is 1. The van der Waals surface area contributed by atoms with Crippen LogP contribution in [-0.2, 0) is 26.2 Å². The molecule has 2 aromatic carbocycles. The summed E-state index contributed by atoms with van der Waals surface area (Å²) in [7, 11) is 3.76. The fraction of sp³-hybridized carbons (Fsp3) is 0.548. The Labute approximate surface area is 221 Å². The second-order valence-electron chi connectivity index (χ2n) is 10.9. The van der Waals surface area contributed by atoms with Crippen LogP contribution in [0.3, 0.4) is 0 Å². The highest BCUT2D eigenvalue weighted by atomic mass is 16.6. The van der Waals surface area contributed by atoms with E-state index < -0.39 is 5.60 Å². The summed E-state index contributed by atoms with van der Waals surface area (Å²) in [4.78, 5) is 27.5. The molecule has 6 nitrogen and oxygen atoms in total. The Morgan fingerprint density at radius 3 is 2.62 bits per heavy atom. The van der Waals surface area contributed by atoms with Crippen LogP contribution in [0.25, 0.3) is 0 Å². The van der Waals surface area contributed by atoms with Crippen molar-refractivity contribution in [3.8, 4) is 5.75 Å². The van der Waals surface area contributed by atoms with Crippen molar-refractivity contribution in [3.63, 3.8) is 0 Å². The zero-order chi connectivity index (χ0) is 26.3.